The summed E-state index contributed by atoms with van der Waals surface area (Å²) in [7, 11) is 0. The fraction of sp³-hybridized carbons (Fsp3) is 0.615. The zero-order valence-corrected chi connectivity index (χ0v) is 12.7. The van der Waals surface area contributed by atoms with Gasteiger partial charge in [0.1, 0.15) is 5.54 Å². The molecule has 0 saturated carbocycles. The van der Waals surface area contributed by atoms with E-state index in [1.165, 1.54) is 16.2 Å². The van der Waals surface area contributed by atoms with Gasteiger partial charge in [-0.15, -0.1) is 11.3 Å². The van der Waals surface area contributed by atoms with Gasteiger partial charge in [-0.2, -0.15) is 0 Å². The number of thiazole rings is 1. The van der Waals surface area contributed by atoms with E-state index in [1.54, 1.807) is 6.92 Å². The number of urea groups is 1. The molecular formula is C13H19N3O3S. The van der Waals surface area contributed by atoms with Gasteiger partial charge in [-0.05, 0) is 33.1 Å². The largest absolute Gasteiger partial charge is 0.480 e. The van der Waals surface area contributed by atoms with Crippen molar-refractivity contribution in [1.29, 1.82) is 0 Å². The molecule has 2 rings (SSSR count). The normalized spacial score (nSPS) is 22.1. The number of carbonyl (C=O) groups excluding carboxylic acids is 1. The van der Waals surface area contributed by atoms with Gasteiger partial charge in [-0.1, -0.05) is 6.92 Å². The molecular weight excluding hydrogens is 278 g/mol. The predicted molar refractivity (Wildman–Crippen MR) is 77.2 cm³/mol. The standard InChI is InChI=1S/C13H19N3O3S/c1-4-9-8(2)20-11(14-9)15-12(19)16-7-5-6-13(16,3)10(17)18/h4-7H2,1-3H3,(H,17,18)(H,14,15,19). The first-order valence-corrected chi connectivity index (χ1v) is 7.48. The van der Waals surface area contributed by atoms with E-state index in [0.717, 1.165) is 17.0 Å². The van der Waals surface area contributed by atoms with Gasteiger partial charge < -0.3 is 10.0 Å². The molecule has 1 aromatic rings. The van der Waals surface area contributed by atoms with E-state index in [-0.39, 0.29) is 6.03 Å². The molecule has 0 aliphatic carbocycles. The number of carboxylic acid groups (broad SMARTS) is 1. The molecule has 1 saturated heterocycles. The molecule has 1 atom stereocenters. The fourth-order valence-corrected chi connectivity index (χ4v) is 3.37. The van der Waals surface area contributed by atoms with E-state index in [0.29, 0.717) is 24.5 Å². The molecule has 0 radical (unpaired) electrons. The lowest BCUT2D eigenvalue weighted by atomic mass is 10.00. The Labute approximate surface area is 121 Å². The Balaban J connectivity index is 2.13. The summed E-state index contributed by atoms with van der Waals surface area (Å²) in [4.78, 5) is 30.4. The molecule has 1 aliphatic rings. The zero-order chi connectivity index (χ0) is 14.9. The number of nitrogens with one attached hydrogen (secondary N) is 1. The van der Waals surface area contributed by atoms with Crippen molar-refractivity contribution >= 4 is 28.5 Å². The van der Waals surface area contributed by atoms with Crippen LogP contribution in [0.3, 0.4) is 0 Å². The van der Waals surface area contributed by atoms with Crippen LogP contribution >= 0.6 is 11.3 Å². The van der Waals surface area contributed by atoms with Gasteiger partial charge in [0.05, 0.1) is 5.69 Å². The first-order valence-electron chi connectivity index (χ1n) is 6.66. The van der Waals surface area contributed by atoms with Gasteiger partial charge in [-0.25, -0.2) is 14.6 Å². The second-order valence-electron chi connectivity index (χ2n) is 5.14. The maximum absolute atomic E-state index is 12.3. The summed E-state index contributed by atoms with van der Waals surface area (Å²) in [5.74, 6) is -0.963. The highest BCUT2D eigenvalue weighted by molar-refractivity contribution is 7.15. The Morgan fingerprint density at radius 3 is 2.80 bits per heavy atom. The van der Waals surface area contributed by atoms with Crippen LogP contribution in [0.2, 0.25) is 0 Å². The fourth-order valence-electron chi connectivity index (χ4n) is 2.48. The smallest absolute Gasteiger partial charge is 0.329 e. The third-order valence-corrected chi connectivity index (χ3v) is 4.72. The molecule has 1 fully saturated rings. The molecule has 1 aliphatic heterocycles. The number of anilines is 1. The van der Waals surface area contributed by atoms with Crippen molar-refractivity contribution in [2.24, 2.45) is 0 Å². The van der Waals surface area contributed by atoms with Crippen molar-refractivity contribution < 1.29 is 14.7 Å². The Hall–Kier alpha value is -1.63. The van der Waals surface area contributed by atoms with E-state index in [9.17, 15) is 14.7 Å². The number of aromatic nitrogens is 1. The Kier molecular flexibility index (Phi) is 3.99. The number of hydrogen-bond donors (Lipinski definition) is 2. The van der Waals surface area contributed by atoms with Crippen LogP contribution in [0, 0.1) is 6.92 Å². The third kappa shape index (κ3) is 2.49. The summed E-state index contributed by atoms with van der Waals surface area (Å²) in [6, 6.07) is -0.385. The SMILES string of the molecule is CCc1nc(NC(=O)N2CCCC2(C)C(=O)O)sc1C. The van der Waals surface area contributed by atoms with Gasteiger partial charge in [-0.3, -0.25) is 5.32 Å². The summed E-state index contributed by atoms with van der Waals surface area (Å²) in [5, 5.41) is 12.6. The van der Waals surface area contributed by atoms with Crippen LogP contribution in [0.15, 0.2) is 0 Å². The zero-order valence-electron chi connectivity index (χ0n) is 11.9. The molecule has 2 heterocycles. The van der Waals surface area contributed by atoms with E-state index < -0.39 is 11.5 Å². The number of carbonyl (C=O) groups is 2. The first kappa shape index (κ1) is 14.8. The average molecular weight is 297 g/mol. The van der Waals surface area contributed by atoms with Crippen molar-refractivity contribution in [2.45, 2.75) is 45.6 Å². The molecule has 7 heteroatoms. The Bertz CT molecular complexity index is 543. The lowest BCUT2D eigenvalue weighted by molar-refractivity contribution is -0.146. The topological polar surface area (TPSA) is 82.5 Å². The highest BCUT2D eigenvalue weighted by Crippen LogP contribution is 2.30. The number of carboxylic acids is 1. The van der Waals surface area contributed by atoms with Gasteiger partial charge in [0.25, 0.3) is 0 Å². The first-order chi connectivity index (χ1) is 9.38. The quantitative estimate of drug-likeness (QED) is 0.898. The summed E-state index contributed by atoms with van der Waals surface area (Å²) >= 11 is 1.42. The number of nitrogens with zero attached hydrogens (tertiary/aromatic N) is 2. The lowest BCUT2D eigenvalue weighted by Gasteiger charge is -2.30. The molecule has 1 unspecified atom stereocenters. The van der Waals surface area contributed by atoms with Crippen LogP contribution in [-0.4, -0.2) is 39.1 Å². The highest BCUT2D eigenvalue weighted by atomic mass is 32.1. The number of amides is 2. The number of hydrogen-bond acceptors (Lipinski definition) is 4. The van der Waals surface area contributed by atoms with Gasteiger partial charge in [0, 0.05) is 11.4 Å². The van der Waals surface area contributed by atoms with E-state index in [1.807, 2.05) is 13.8 Å². The summed E-state index contributed by atoms with van der Waals surface area (Å²) in [6.45, 7) is 6.02. The van der Waals surface area contributed by atoms with Crippen LogP contribution in [0.25, 0.3) is 0 Å². The van der Waals surface area contributed by atoms with Crippen LogP contribution in [0.4, 0.5) is 9.93 Å². The monoisotopic (exact) mass is 297 g/mol. The van der Waals surface area contributed by atoms with E-state index in [2.05, 4.69) is 10.3 Å². The van der Waals surface area contributed by atoms with Gasteiger partial charge in [0.2, 0.25) is 0 Å². The van der Waals surface area contributed by atoms with Crippen molar-refractivity contribution in [3.8, 4) is 0 Å². The van der Waals surface area contributed by atoms with Crippen molar-refractivity contribution in [2.75, 3.05) is 11.9 Å². The molecule has 0 spiro atoms. The Morgan fingerprint density at radius 1 is 1.55 bits per heavy atom. The minimum absolute atomic E-state index is 0.385. The molecule has 2 amide bonds. The van der Waals surface area contributed by atoms with Crippen LogP contribution in [0.5, 0.6) is 0 Å². The maximum Gasteiger partial charge on any atom is 0.329 e. The minimum atomic E-state index is -1.12. The second-order valence-corrected chi connectivity index (χ2v) is 6.34. The Morgan fingerprint density at radius 2 is 2.25 bits per heavy atom. The van der Waals surface area contributed by atoms with Crippen molar-refractivity contribution in [3.05, 3.63) is 10.6 Å². The number of aryl methyl sites for hydroxylation is 2. The number of rotatable bonds is 3. The van der Waals surface area contributed by atoms with E-state index >= 15 is 0 Å². The highest BCUT2D eigenvalue weighted by Gasteiger charge is 2.46. The van der Waals surface area contributed by atoms with Gasteiger partial charge >= 0.3 is 12.0 Å². The molecule has 6 nitrogen and oxygen atoms in total. The average Bonchev–Trinajstić information content (AvgIpc) is 2.93. The van der Waals surface area contributed by atoms with E-state index in [4.69, 9.17) is 0 Å². The molecule has 20 heavy (non-hydrogen) atoms. The summed E-state index contributed by atoms with van der Waals surface area (Å²) in [6.07, 6.45) is 1.99. The summed E-state index contributed by atoms with van der Waals surface area (Å²) < 4.78 is 0. The molecule has 0 bridgehead atoms. The van der Waals surface area contributed by atoms with Crippen molar-refractivity contribution in [1.82, 2.24) is 9.88 Å². The second kappa shape index (κ2) is 5.40. The van der Waals surface area contributed by atoms with Crippen LogP contribution < -0.4 is 5.32 Å². The molecule has 110 valence electrons. The number of aliphatic carboxylic acids is 1. The minimum Gasteiger partial charge on any atom is -0.480 e. The molecule has 1 aromatic heterocycles. The van der Waals surface area contributed by atoms with Gasteiger partial charge in [0.15, 0.2) is 5.13 Å². The maximum atomic E-state index is 12.3. The van der Waals surface area contributed by atoms with Crippen LogP contribution in [-0.2, 0) is 11.2 Å². The molecule has 2 N–H and O–H groups in total. The lowest BCUT2D eigenvalue weighted by Crippen LogP contribution is -2.52. The third-order valence-electron chi connectivity index (χ3n) is 3.79. The molecule has 0 aromatic carbocycles. The summed E-state index contributed by atoms with van der Waals surface area (Å²) in [5.41, 5.74) is -0.156. The predicted octanol–water partition coefficient (Wildman–Crippen LogP) is 2.48. The van der Waals surface area contributed by atoms with Crippen LogP contribution in [0.1, 0.15) is 37.3 Å². The number of likely N-dealkylation sites (tertiary alicyclic amines) is 1. The van der Waals surface area contributed by atoms with Crippen molar-refractivity contribution in [3.63, 3.8) is 0 Å².